The minimum absolute atomic E-state index is 0.0495. The number of carbonyl (C=O) groups excluding carboxylic acids is 3. The molecule has 10 heteroatoms. The molecule has 0 bridgehead atoms. The lowest BCUT2D eigenvalue weighted by Crippen LogP contribution is -2.52. The number of rotatable bonds is 20. The number of nitrogens with one attached hydrogen (secondary N) is 3. The van der Waals surface area contributed by atoms with Gasteiger partial charge in [0.15, 0.2) is 6.29 Å². The van der Waals surface area contributed by atoms with Crippen molar-refractivity contribution in [1.29, 1.82) is 0 Å². The van der Waals surface area contributed by atoms with Gasteiger partial charge in [-0.15, -0.1) is 6.58 Å². The van der Waals surface area contributed by atoms with Crippen LogP contribution < -0.4 is 20.7 Å². The molecule has 270 valence electrons. The summed E-state index contributed by atoms with van der Waals surface area (Å²) >= 11 is 0. The predicted octanol–water partition coefficient (Wildman–Crippen LogP) is 6.15. The van der Waals surface area contributed by atoms with Gasteiger partial charge in [0.1, 0.15) is 17.4 Å². The molecule has 0 aliphatic carbocycles. The Bertz CT molecular complexity index is 1450. The minimum Gasteiger partial charge on any atom is -0.488 e. The number of nitrogens with zero attached hydrogens (tertiary/aromatic N) is 1. The van der Waals surface area contributed by atoms with Crippen LogP contribution in [0, 0.1) is 0 Å². The highest BCUT2D eigenvalue weighted by Crippen LogP contribution is 2.20. The summed E-state index contributed by atoms with van der Waals surface area (Å²) in [4.78, 5) is 42.6. The number of ether oxygens (including phenoxy) is 3. The van der Waals surface area contributed by atoms with E-state index in [2.05, 4.69) is 22.5 Å². The van der Waals surface area contributed by atoms with Gasteiger partial charge in [-0.05, 0) is 69.9 Å². The van der Waals surface area contributed by atoms with Crippen molar-refractivity contribution in [3.05, 3.63) is 114 Å². The molecule has 50 heavy (non-hydrogen) atoms. The average Bonchev–Trinajstić information content (AvgIpc) is 3.08. The molecule has 3 N–H and O–H groups in total. The first-order valence-electron chi connectivity index (χ1n) is 17.3. The van der Waals surface area contributed by atoms with Crippen molar-refractivity contribution < 1.29 is 28.6 Å². The molecular formula is C40H54N4O6. The van der Waals surface area contributed by atoms with E-state index in [1.54, 1.807) is 11.0 Å². The van der Waals surface area contributed by atoms with Crippen molar-refractivity contribution in [3.8, 4) is 5.75 Å². The van der Waals surface area contributed by atoms with Gasteiger partial charge < -0.3 is 35.1 Å². The first kappa shape index (κ1) is 39.8. The smallest absolute Gasteiger partial charge is 0.315 e. The van der Waals surface area contributed by atoms with Gasteiger partial charge in [-0.25, -0.2) is 4.79 Å². The van der Waals surface area contributed by atoms with Crippen LogP contribution in [0.15, 0.2) is 97.6 Å². The Morgan fingerprint density at radius 1 is 0.820 bits per heavy atom. The number of hydrogen-bond acceptors (Lipinski definition) is 6. The summed E-state index contributed by atoms with van der Waals surface area (Å²) in [5.74, 6) is 0.0477. The van der Waals surface area contributed by atoms with Crippen molar-refractivity contribution >= 4 is 17.8 Å². The average molecular weight is 687 g/mol. The molecule has 0 aromatic heterocycles. The van der Waals surface area contributed by atoms with Crippen LogP contribution in [0.5, 0.6) is 5.75 Å². The lowest BCUT2D eigenvalue weighted by atomic mass is 10.0. The van der Waals surface area contributed by atoms with Crippen LogP contribution >= 0.6 is 0 Å². The van der Waals surface area contributed by atoms with E-state index in [0.29, 0.717) is 38.5 Å². The summed E-state index contributed by atoms with van der Waals surface area (Å²) in [6.07, 6.45) is 1.56. The molecular weight excluding hydrogens is 632 g/mol. The van der Waals surface area contributed by atoms with Gasteiger partial charge in [-0.2, -0.15) is 0 Å². The van der Waals surface area contributed by atoms with Gasteiger partial charge in [0.2, 0.25) is 11.8 Å². The van der Waals surface area contributed by atoms with Crippen LogP contribution in [0.3, 0.4) is 0 Å². The summed E-state index contributed by atoms with van der Waals surface area (Å²) in [6.45, 7) is 15.1. The molecule has 0 saturated heterocycles. The Balaban J connectivity index is 1.83. The normalized spacial score (nSPS) is 12.4. The Kier molecular flexibility index (Phi) is 16.5. The van der Waals surface area contributed by atoms with Crippen LogP contribution in [0.4, 0.5) is 4.79 Å². The number of urea groups is 1. The Labute approximate surface area is 297 Å². The van der Waals surface area contributed by atoms with E-state index in [1.807, 2.05) is 120 Å². The van der Waals surface area contributed by atoms with Crippen molar-refractivity contribution in [2.45, 2.75) is 90.9 Å². The van der Waals surface area contributed by atoms with E-state index >= 15 is 0 Å². The standard InChI is InChI=1S/C40H54N4O6/c1-7-16-33(42-39(47)41-27-31-17-12-10-13-18-31)26-36(45)43-35(25-30-21-23-34(24-22-30)50-40(4,5)6)38(46)44(28-32-19-14-11-15-20-32)29-37(48-8-2)49-9-3/h7,10-15,17-24,33,35,37H,1,8-9,16,25-29H2,2-6H3,(H,43,45)(H2,41,42,47). The first-order chi connectivity index (χ1) is 24.0. The monoisotopic (exact) mass is 686 g/mol. The topological polar surface area (TPSA) is 118 Å². The summed E-state index contributed by atoms with van der Waals surface area (Å²) in [7, 11) is 0. The molecule has 3 aromatic rings. The molecule has 0 spiro atoms. The van der Waals surface area contributed by atoms with Gasteiger partial charge in [-0.1, -0.05) is 78.9 Å². The van der Waals surface area contributed by atoms with Gasteiger partial charge in [0.25, 0.3) is 0 Å². The largest absolute Gasteiger partial charge is 0.488 e. The molecule has 0 fully saturated rings. The molecule has 0 heterocycles. The lowest BCUT2D eigenvalue weighted by Gasteiger charge is -2.31. The third-order valence-electron chi connectivity index (χ3n) is 7.54. The van der Waals surface area contributed by atoms with Crippen LogP contribution in [0.2, 0.25) is 0 Å². The SMILES string of the molecule is C=CCC(CC(=O)NC(Cc1ccc(OC(C)(C)C)cc1)C(=O)N(Cc1ccccc1)CC(OCC)OCC)NC(=O)NCc1ccccc1. The quantitative estimate of drug-likeness (QED) is 0.0970. The first-order valence-corrected chi connectivity index (χ1v) is 17.3. The van der Waals surface area contributed by atoms with E-state index in [1.165, 1.54) is 0 Å². The zero-order valence-electron chi connectivity index (χ0n) is 30.2. The molecule has 0 radical (unpaired) electrons. The maximum atomic E-state index is 14.5. The van der Waals surface area contributed by atoms with E-state index in [9.17, 15) is 14.4 Å². The second-order valence-corrected chi connectivity index (χ2v) is 13.0. The molecule has 3 aromatic carbocycles. The zero-order valence-corrected chi connectivity index (χ0v) is 30.2. The molecule has 0 aliphatic rings. The van der Waals surface area contributed by atoms with Crippen LogP contribution in [0.25, 0.3) is 0 Å². The number of benzene rings is 3. The van der Waals surface area contributed by atoms with Crippen molar-refractivity contribution in [2.24, 2.45) is 0 Å². The zero-order chi connectivity index (χ0) is 36.4. The van der Waals surface area contributed by atoms with Crippen LogP contribution in [-0.2, 0) is 38.6 Å². The fourth-order valence-electron chi connectivity index (χ4n) is 5.33. The molecule has 4 amide bonds. The number of amides is 4. The van der Waals surface area contributed by atoms with Crippen molar-refractivity contribution in [2.75, 3.05) is 19.8 Å². The number of carbonyl (C=O) groups is 3. The van der Waals surface area contributed by atoms with E-state index < -0.39 is 24.4 Å². The molecule has 3 rings (SSSR count). The molecule has 10 nitrogen and oxygen atoms in total. The third-order valence-corrected chi connectivity index (χ3v) is 7.54. The van der Waals surface area contributed by atoms with Crippen LogP contribution in [0.1, 0.15) is 64.2 Å². The molecule has 2 unspecified atom stereocenters. The highest BCUT2D eigenvalue weighted by Gasteiger charge is 2.30. The summed E-state index contributed by atoms with van der Waals surface area (Å²) in [5.41, 5.74) is 2.36. The van der Waals surface area contributed by atoms with E-state index in [-0.39, 0.29) is 36.8 Å². The summed E-state index contributed by atoms with van der Waals surface area (Å²) in [5, 5.41) is 8.71. The summed E-state index contributed by atoms with van der Waals surface area (Å²) < 4.78 is 17.6. The molecule has 2 atom stereocenters. The maximum absolute atomic E-state index is 14.5. The summed E-state index contributed by atoms with van der Waals surface area (Å²) in [6, 6.07) is 24.9. The van der Waals surface area contributed by atoms with Crippen LogP contribution in [-0.4, -0.2) is 66.5 Å². The Morgan fingerprint density at radius 3 is 1.98 bits per heavy atom. The number of hydrogen-bond donors (Lipinski definition) is 3. The molecule has 0 saturated carbocycles. The minimum atomic E-state index is -0.916. The maximum Gasteiger partial charge on any atom is 0.315 e. The van der Waals surface area contributed by atoms with Crippen molar-refractivity contribution in [3.63, 3.8) is 0 Å². The Morgan fingerprint density at radius 2 is 1.42 bits per heavy atom. The fourth-order valence-corrected chi connectivity index (χ4v) is 5.33. The fraction of sp³-hybridized carbons (Fsp3) is 0.425. The second-order valence-electron chi connectivity index (χ2n) is 13.0. The Hall–Kier alpha value is -4.67. The second kappa shape index (κ2) is 20.8. The highest BCUT2D eigenvalue weighted by atomic mass is 16.7. The van der Waals surface area contributed by atoms with Gasteiger partial charge in [-0.3, -0.25) is 9.59 Å². The van der Waals surface area contributed by atoms with Crippen molar-refractivity contribution in [1.82, 2.24) is 20.9 Å². The third kappa shape index (κ3) is 14.8. The predicted molar refractivity (Wildman–Crippen MR) is 196 cm³/mol. The van der Waals surface area contributed by atoms with Gasteiger partial charge in [0, 0.05) is 45.2 Å². The van der Waals surface area contributed by atoms with E-state index in [0.717, 1.165) is 16.7 Å². The highest BCUT2D eigenvalue weighted by molar-refractivity contribution is 5.88. The van der Waals surface area contributed by atoms with E-state index in [4.69, 9.17) is 14.2 Å². The lowest BCUT2D eigenvalue weighted by molar-refractivity contribution is -0.161. The van der Waals surface area contributed by atoms with Gasteiger partial charge in [0.05, 0.1) is 6.54 Å². The molecule has 0 aliphatic heterocycles. The van der Waals surface area contributed by atoms with Gasteiger partial charge >= 0.3 is 6.03 Å².